The number of carbonyl (C=O) groups is 3. The van der Waals surface area contributed by atoms with Crippen molar-refractivity contribution in [2.24, 2.45) is 0 Å². The van der Waals surface area contributed by atoms with Crippen LogP contribution in [0.15, 0.2) is 24.3 Å². The minimum Gasteiger partial charge on any atom is -0.484 e. The largest absolute Gasteiger partial charge is 0.484 e. The number of rotatable bonds is 7. The minimum atomic E-state index is -0.395. The summed E-state index contributed by atoms with van der Waals surface area (Å²) < 4.78 is 11.0. The Morgan fingerprint density at radius 2 is 1.72 bits per heavy atom. The Morgan fingerprint density at radius 3 is 2.41 bits per heavy atom. The van der Waals surface area contributed by atoms with Crippen LogP contribution in [0.5, 0.6) is 5.75 Å². The summed E-state index contributed by atoms with van der Waals surface area (Å²) in [7, 11) is 0. The van der Waals surface area contributed by atoms with Crippen molar-refractivity contribution in [3.05, 3.63) is 45.8 Å². The molecule has 39 heavy (non-hydrogen) atoms. The first-order valence-corrected chi connectivity index (χ1v) is 14.7. The number of hydrogen-bond donors (Lipinski definition) is 3. The zero-order valence-electron chi connectivity index (χ0n) is 22.6. The van der Waals surface area contributed by atoms with E-state index >= 15 is 0 Å². The number of ether oxygens (including phenoxy) is 2. The molecule has 0 unspecified atom stereocenters. The Bertz CT molecular complexity index is 1200. The van der Waals surface area contributed by atoms with Crippen LogP contribution in [0.3, 0.4) is 0 Å². The highest BCUT2D eigenvalue weighted by Crippen LogP contribution is 2.38. The lowest BCUT2D eigenvalue weighted by Crippen LogP contribution is -2.49. The van der Waals surface area contributed by atoms with Gasteiger partial charge in [-0.25, -0.2) is 4.79 Å². The third kappa shape index (κ3) is 7.07. The molecule has 1 fully saturated rings. The summed E-state index contributed by atoms with van der Waals surface area (Å²) in [5.74, 6) is -0.279. The quantitative estimate of drug-likeness (QED) is 0.251. The Hall–Kier alpha value is -3.18. The smallest absolute Gasteiger partial charge is 0.341 e. The molecule has 3 N–H and O–H groups in total. The third-order valence-electron chi connectivity index (χ3n) is 7.13. The number of amides is 2. The van der Waals surface area contributed by atoms with Crippen molar-refractivity contribution in [3.8, 4) is 5.75 Å². The molecule has 210 valence electrons. The number of aryl methyl sites for hydroxylation is 1. The molecule has 2 atom stereocenters. The number of hydrogen-bond acceptors (Lipinski definition) is 7. The first-order valence-electron chi connectivity index (χ1n) is 13.5. The van der Waals surface area contributed by atoms with Gasteiger partial charge in [0.1, 0.15) is 10.8 Å². The molecule has 1 aromatic heterocycles. The van der Waals surface area contributed by atoms with Crippen LogP contribution < -0.4 is 20.9 Å². The normalized spacial score (nSPS) is 18.5. The van der Waals surface area contributed by atoms with Gasteiger partial charge in [0, 0.05) is 22.5 Å². The molecular weight excluding hydrogens is 536 g/mol. The molecule has 1 aromatic carbocycles. The van der Waals surface area contributed by atoms with Crippen molar-refractivity contribution in [1.29, 1.82) is 0 Å². The first kappa shape index (κ1) is 28.8. The molecule has 9 nitrogen and oxygen atoms in total. The molecule has 2 aromatic rings. The number of fused-ring (bicyclic) bond motifs is 1. The van der Waals surface area contributed by atoms with Crippen molar-refractivity contribution in [3.63, 3.8) is 0 Å². The lowest BCUT2D eigenvalue weighted by atomic mass is 9.95. The molecule has 0 spiro atoms. The maximum atomic E-state index is 12.7. The number of benzene rings is 1. The fourth-order valence-corrected chi connectivity index (χ4v) is 6.73. The molecule has 0 radical (unpaired) electrons. The molecule has 1 saturated heterocycles. The third-order valence-corrected chi connectivity index (χ3v) is 8.54. The number of thiocarbonyl (C=S) groups is 1. The number of nitrogens with one attached hydrogen (secondary N) is 3. The van der Waals surface area contributed by atoms with Gasteiger partial charge in [-0.3, -0.25) is 20.4 Å². The molecule has 2 aliphatic rings. The van der Waals surface area contributed by atoms with Crippen molar-refractivity contribution in [1.82, 2.24) is 15.8 Å². The Kier molecular flexibility index (Phi) is 9.79. The Balaban J connectivity index is 1.29. The van der Waals surface area contributed by atoms with Crippen molar-refractivity contribution >= 4 is 51.5 Å². The van der Waals surface area contributed by atoms with Crippen LogP contribution in [0.25, 0.3) is 0 Å². The lowest BCUT2D eigenvalue weighted by Gasteiger charge is -2.38. The molecular formula is C28H36N4O5S2. The summed E-state index contributed by atoms with van der Waals surface area (Å²) >= 11 is 6.87. The highest BCUT2D eigenvalue weighted by atomic mass is 32.1. The number of esters is 1. The number of hydrazine groups is 1. The van der Waals surface area contributed by atoms with Gasteiger partial charge < -0.3 is 19.7 Å². The monoisotopic (exact) mass is 572 g/mol. The summed E-state index contributed by atoms with van der Waals surface area (Å²) in [4.78, 5) is 41.0. The molecule has 1 aliphatic carbocycles. The van der Waals surface area contributed by atoms with Gasteiger partial charge in [-0.05, 0) is 108 Å². The van der Waals surface area contributed by atoms with Crippen molar-refractivity contribution < 1.29 is 23.9 Å². The lowest BCUT2D eigenvalue weighted by molar-refractivity contribution is -0.139. The van der Waals surface area contributed by atoms with E-state index in [9.17, 15) is 14.4 Å². The van der Waals surface area contributed by atoms with E-state index < -0.39 is 5.91 Å². The van der Waals surface area contributed by atoms with Crippen LogP contribution in [0.1, 0.15) is 84.0 Å². The van der Waals surface area contributed by atoms with Crippen molar-refractivity contribution in [2.45, 2.75) is 77.8 Å². The number of piperidine rings is 1. The van der Waals surface area contributed by atoms with E-state index in [-0.39, 0.29) is 35.7 Å². The highest BCUT2D eigenvalue weighted by molar-refractivity contribution is 7.80. The van der Waals surface area contributed by atoms with Gasteiger partial charge in [-0.1, -0.05) is 0 Å². The molecule has 2 amide bonds. The molecule has 1 aliphatic heterocycles. The van der Waals surface area contributed by atoms with Crippen molar-refractivity contribution in [2.75, 3.05) is 18.5 Å². The maximum absolute atomic E-state index is 12.7. The van der Waals surface area contributed by atoms with Crippen LogP contribution in [0.2, 0.25) is 0 Å². The van der Waals surface area contributed by atoms with E-state index in [2.05, 4.69) is 30.0 Å². The summed E-state index contributed by atoms with van der Waals surface area (Å²) in [5, 5.41) is 3.83. The van der Waals surface area contributed by atoms with Crippen LogP contribution in [0.4, 0.5) is 5.00 Å². The average Bonchev–Trinajstić information content (AvgIpc) is 3.28. The van der Waals surface area contributed by atoms with E-state index in [4.69, 9.17) is 21.7 Å². The standard InChI is InChI=1S/C28H36N4O5S2/c1-4-36-27(35)24-21-10-5-6-11-22(21)39-26(24)29-28(38)31-30-25(34)19-12-14-20(15-13-19)37-16-23(33)32-17(2)8-7-9-18(32)3/h12-15,17-18H,4-11,16H2,1-3H3,(H,30,34)(H2,29,31,38)/t17-,18+. The van der Waals surface area contributed by atoms with Gasteiger partial charge in [-0.2, -0.15) is 0 Å². The summed E-state index contributed by atoms with van der Waals surface area (Å²) in [6, 6.07) is 6.97. The second-order valence-corrected chi connectivity index (χ2v) is 11.4. The first-order chi connectivity index (χ1) is 18.8. The van der Waals surface area contributed by atoms with E-state index in [0.717, 1.165) is 50.5 Å². The van der Waals surface area contributed by atoms with Gasteiger partial charge >= 0.3 is 5.97 Å². The average molecular weight is 573 g/mol. The van der Waals surface area contributed by atoms with E-state index in [0.29, 0.717) is 28.5 Å². The maximum Gasteiger partial charge on any atom is 0.341 e. The molecule has 0 saturated carbocycles. The minimum absolute atomic E-state index is 0.0283. The molecule has 2 heterocycles. The predicted octanol–water partition coefficient (Wildman–Crippen LogP) is 4.60. The molecule has 4 rings (SSSR count). The number of nitrogens with zero attached hydrogens (tertiary/aromatic N) is 1. The summed E-state index contributed by atoms with van der Waals surface area (Å²) in [6.07, 6.45) is 7.04. The van der Waals surface area contributed by atoms with E-state index in [1.54, 1.807) is 31.2 Å². The Labute approximate surface area is 238 Å². The van der Waals surface area contributed by atoms with Gasteiger partial charge in [-0.15, -0.1) is 11.3 Å². The number of anilines is 1. The van der Waals surface area contributed by atoms with E-state index in [1.807, 2.05) is 4.90 Å². The van der Waals surface area contributed by atoms with Gasteiger partial charge in [0.05, 0.1) is 12.2 Å². The zero-order valence-corrected chi connectivity index (χ0v) is 24.3. The fraction of sp³-hybridized carbons (Fsp3) is 0.500. The summed E-state index contributed by atoms with van der Waals surface area (Å²) in [5.41, 5.74) is 7.23. The topological polar surface area (TPSA) is 109 Å². The molecule has 11 heteroatoms. The Morgan fingerprint density at radius 1 is 1.03 bits per heavy atom. The number of thiophene rings is 1. The SMILES string of the molecule is CCOC(=O)c1c(NC(=S)NNC(=O)c2ccc(OCC(=O)N3[C@H](C)CCC[C@@H]3C)cc2)sc2c1CCCC2. The van der Waals surface area contributed by atoms with Gasteiger partial charge in [0.2, 0.25) is 0 Å². The van der Waals surface area contributed by atoms with Crippen LogP contribution >= 0.6 is 23.6 Å². The fourth-order valence-electron chi connectivity index (χ4n) is 5.23. The van der Waals surface area contributed by atoms with Crippen LogP contribution in [0, 0.1) is 0 Å². The summed E-state index contributed by atoms with van der Waals surface area (Å²) in [6.45, 7) is 6.17. The number of carbonyl (C=O) groups excluding carboxylic acids is 3. The zero-order chi connectivity index (χ0) is 27.9. The van der Waals surface area contributed by atoms with Gasteiger partial charge in [0.25, 0.3) is 11.8 Å². The van der Waals surface area contributed by atoms with E-state index in [1.165, 1.54) is 16.2 Å². The number of likely N-dealkylation sites (tertiary alicyclic amines) is 1. The van der Waals surface area contributed by atoms with Crippen LogP contribution in [-0.4, -0.2) is 53.1 Å². The highest BCUT2D eigenvalue weighted by Gasteiger charge is 2.29. The second kappa shape index (κ2) is 13.3. The second-order valence-electron chi connectivity index (χ2n) is 9.91. The predicted molar refractivity (Wildman–Crippen MR) is 155 cm³/mol. The van der Waals surface area contributed by atoms with Crippen LogP contribution in [-0.2, 0) is 22.4 Å². The van der Waals surface area contributed by atoms with Gasteiger partial charge in [0.15, 0.2) is 11.7 Å². The molecule has 0 bridgehead atoms.